The van der Waals surface area contributed by atoms with Crippen molar-refractivity contribution in [1.29, 1.82) is 0 Å². The molecule has 0 spiro atoms. The highest BCUT2D eigenvalue weighted by Crippen LogP contribution is 2.37. The zero-order valence-corrected chi connectivity index (χ0v) is 18.1. The van der Waals surface area contributed by atoms with Crippen molar-refractivity contribution >= 4 is 17.7 Å². The molecule has 1 fully saturated rings. The number of nitrogens with zero attached hydrogens (tertiary/aromatic N) is 4. The number of hydrogen-bond donors (Lipinski definition) is 0. The van der Waals surface area contributed by atoms with Crippen LogP contribution >= 0.6 is 11.8 Å². The number of ether oxygens (including phenoxy) is 1. The Morgan fingerprint density at radius 1 is 1.03 bits per heavy atom. The molecule has 0 saturated carbocycles. The summed E-state index contributed by atoms with van der Waals surface area (Å²) in [6.45, 7) is 1.66. The number of amides is 1. The van der Waals surface area contributed by atoms with Crippen molar-refractivity contribution in [3.05, 3.63) is 60.2 Å². The van der Waals surface area contributed by atoms with Gasteiger partial charge in [-0.25, -0.2) is 0 Å². The fraction of sp³-hybridized carbons (Fsp3) is 0.348. The van der Waals surface area contributed by atoms with E-state index in [4.69, 9.17) is 4.74 Å². The number of aromatic nitrogens is 3. The number of likely N-dealkylation sites (tertiary alicyclic amines) is 1. The van der Waals surface area contributed by atoms with Crippen LogP contribution in [0.25, 0.3) is 11.4 Å². The Kier molecular flexibility index (Phi) is 6.38. The lowest BCUT2D eigenvalue weighted by Gasteiger charge is -2.30. The Labute approximate surface area is 181 Å². The molecule has 1 amide bonds. The van der Waals surface area contributed by atoms with Gasteiger partial charge in [0.15, 0.2) is 11.0 Å². The lowest BCUT2D eigenvalue weighted by Crippen LogP contribution is -2.38. The zero-order valence-electron chi connectivity index (χ0n) is 17.3. The van der Waals surface area contributed by atoms with E-state index in [1.807, 2.05) is 71.1 Å². The summed E-state index contributed by atoms with van der Waals surface area (Å²) in [6, 6.07) is 17.7. The second-order valence-corrected chi connectivity index (χ2v) is 8.46. The van der Waals surface area contributed by atoms with E-state index in [1.165, 1.54) is 18.2 Å². The van der Waals surface area contributed by atoms with E-state index in [1.54, 1.807) is 7.11 Å². The molecule has 0 unspecified atom stereocenters. The topological polar surface area (TPSA) is 60.3 Å². The van der Waals surface area contributed by atoms with Crippen LogP contribution in [0.2, 0.25) is 0 Å². The molecule has 156 valence electrons. The molecule has 0 aliphatic carbocycles. The number of methoxy groups -OCH3 is 1. The average Bonchev–Trinajstić information content (AvgIpc) is 3.18. The van der Waals surface area contributed by atoms with Gasteiger partial charge in [-0.05, 0) is 37.0 Å². The molecular formula is C23H26N4O2S. The van der Waals surface area contributed by atoms with Crippen LogP contribution in [-0.4, -0.2) is 45.8 Å². The smallest absolute Gasteiger partial charge is 0.240 e. The lowest BCUT2D eigenvalue weighted by molar-refractivity contribution is -0.131. The van der Waals surface area contributed by atoms with Gasteiger partial charge in [-0.1, -0.05) is 54.2 Å². The van der Waals surface area contributed by atoms with Crippen molar-refractivity contribution in [1.82, 2.24) is 19.7 Å². The molecule has 4 rings (SSSR count). The number of carbonyl (C=O) groups is 1. The Morgan fingerprint density at radius 2 is 1.80 bits per heavy atom. The third-order valence-corrected chi connectivity index (χ3v) is 6.66. The minimum absolute atomic E-state index is 0.150. The summed E-state index contributed by atoms with van der Waals surface area (Å²) in [5, 5.41) is 9.17. The fourth-order valence-corrected chi connectivity index (χ4v) is 4.79. The molecule has 0 bridgehead atoms. The van der Waals surface area contributed by atoms with Crippen molar-refractivity contribution in [2.24, 2.45) is 7.05 Å². The summed E-state index contributed by atoms with van der Waals surface area (Å²) in [5.41, 5.74) is 1.92. The van der Waals surface area contributed by atoms with Gasteiger partial charge < -0.3 is 14.2 Å². The first-order valence-corrected chi connectivity index (χ1v) is 11.1. The molecule has 3 aromatic rings. The van der Waals surface area contributed by atoms with Crippen molar-refractivity contribution < 1.29 is 9.53 Å². The summed E-state index contributed by atoms with van der Waals surface area (Å²) in [4.78, 5) is 15.4. The van der Waals surface area contributed by atoms with Gasteiger partial charge >= 0.3 is 0 Å². The van der Waals surface area contributed by atoms with Crippen LogP contribution in [0.3, 0.4) is 0 Å². The normalized spacial score (nSPS) is 15.1. The standard InChI is InChI=1S/C23H26N4O2S/c1-26-21(18-12-9-13-19(16-18)29-2)24-25-23(26)30-20(17-10-5-3-6-11-17)22(28)27-14-7-4-8-15-27/h3,5-6,9-13,16,20H,4,7-8,14-15H2,1-2H3/t20-/m0/s1. The number of hydrogen-bond acceptors (Lipinski definition) is 5. The highest BCUT2D eigenvalue weighted by Gasteiger charge is 2.29. The predicted octanol–water partition coefficient (Wildman–Crippen LogP) is 4.34. The van der Waals surface area contributed by atoms with Gasteiger partial charge in [-0.15, -0.1) is 10.2 Å². The van der Waals surface area contributed by atoms with Crippen molar-refractivity contribution in [3.63, 3.8) is 0 Å². The summed E-state index contributed by atoms with van der Waals surface area (Å²) in [7, 11) is 3.58. The second-order valence-electron chi connectivity index (χ2n) is 7.39. The van der Waals surface area contributed by atoms with E-state index >= 15 is 0 Å². The molecule has 6 nitrogen and oxygen atoms in total. The van der Waals surface area contributed by atoms with Crippen molar-refractivity contribution in [2.45, 2.75) is 29.7 Å². The van der Waals surface area contributed by atoms with E-state index in [0.717, 1.165) is 48.6 Å². The second kappa shape index (κ2) is 9.34. The summed E-state index contributed by atoms with van der Waals surface area (Å²) in [6.07, 6.45) is 3.34. The quantitative estimate of drug-likeness (QED) is 0.553. The Bertz CT molecular complexity index is 999. The summed E-state index contributed by atoms with van der Waals surface area (Å²) < 4.78 is 7.27. The maximum Gasteiger partial charge on any atom is 0.240 e. The molecular weight excluding hydrogens is 396 g/mol. The van der Waals surface area contributed by atoms with Gasteiger partial charge in [-0.2, -0.15) is 0 Å². The average molecular weight is 423 g/mol. The maximum absolute atomic E-state index is 13.4. The van der Waals surface area contributed by atoms with Gasteiger partial charge in [0.1, 0.15) is 11.0 Å². The number of thioether (sulfide) groups is 1. The van der Waals surface area contributed by atoms with E-state index in [9.17, 15) is 4.79 Å². The highest BCUT2D eigenvalue weighted by atomic mass is 32.2. The third-order valence-electron chi connectivity index (χ3n) is 5.38. The fourth-order valence-electron chi connectivity index (χ4n) is 3.71. The minimum Gasteiger partial charge on any atom is -0.497 e. The summed E-state index contributed by atoms with van der Waals surface area (Å²) in [5.74, 6) is 1.66. The van der Waals surface area contributed by atoms with Crippen LogP contribution in [0.1, 0.15) is 30.1 Å². The predicted molar refractivity (Wildman–Crippen MR) is 118 cm³/mol. The molecule has 1 atom stereocenters. The molecule has 1 saturated heterocycles. The molecule has 1 aromatic heterocycles. The van der Waals surface area contributed by atoms with Gasteiger partial charge in [-0.3, -0.25) is 4.79 Å². The summed E-state index contributed by atoms with van der Waals surface area (Å²) >= 11 is 1.46. The number of carbonyl (C=O) groups excluding carboxylic acids is 1. The Hall–Kier alpha value is -2.80. The molecule has 2 aromatic carbocycles. The SMILES string of the molecule is COc1cccc(-c2nnc(S[C@H](C(=O)N3CCCCC3)c3ccccc3)n2C)c1. The van der Waals surface area contributed by atoms with Gasteiger partial charge in [0.25, 0.3) is 0 Å². The van der Waals surface area contributed by atoms with Crippen molar-refractivity contribution in [3.8, 4) is 17.1 Å². The molecule has 1 aliphatic heterocycles. The lowest BCUT2D eigenvalue weighted by atomic mass is 10.1. The van der Waals surface area contributed by atoms with Crippen LogP contribution in [-0.2, 0) is 11.8 Å². The molecule has 2 heterocycles. The molecule has 30 heavy (non-hydrogen) atoms. The molecule has 7 heteroatoms. The van der Waals surface area contributed by atoms with E-state index in [2.05, 4.69) is 10.2 Å². The Morgan fingerprint density at radius 3 is 2.53 bits per heavy atom. The van der Waals surface area contributed by atoms with Crippen LogP contribution in [0, 0.1) is 0 Å². The number of rotatable bonds is 6. The zero-order chi connectivity index (χ0) is 20.9. The largest absolute Gasteiger partial charge is 0.497 e. The number of benzene rings is 2. The van der Waals surface area contributed by atoms with Gasteiger partial charge in [0.2, 0.25) is 5.91 Å². The first kappa shape index (κ1) is 20.5. The van der Waals surface area contributed by atoms with Crippen molar-refractivity contribution in [2.75, 3.05) is 20.2 Å². The van der Waals surface area contributed by atoms with Crippen LogP contribution in [0.15, 0.2) is 59.8 Å². The highest BCUT2D eigenvalue weighted by molar-refractivity contribution is 8.00. The third kappa shape index (κ3) is 4.36. The first-order valence-electron chi connectivity index (χ1n) is 10.2. The maximum atomic E-state index is 13.4. The van der Waals surface area contributed by atoms with Crippen LogP contribution in [0.4, 0.5) is 0 Å². The van der Waals surface area contributed by atoms with E-state index in [0.29, 0.717) is 5.16 Å². The van der Waals surface area contributed by atoms with E-state index in [-0.39, 0.29) is 11.2 Å². The van der Waals surface area contributed by atoms with Crippen LogP contribution in [0.5, 0.6) is 5.75 Å². The molecule has 0 radical (unpaired) electrons. The monoisotopic (exact) mass is 422 g/mol. The minimum atomic E-state index is -0.342. The van der Waals surface area contributed by atoms with E-state index < -0.39 is 0 Å². The molecule has 0 N–H and O–H groups in total. The van der Waals surface area contributed by atoms with Crippen LogP contribution < -0.4 is 4.74 Å². The Balaban J connectivity index is 1.63. The molecule has 1 aliphatic rings. The first-order chi connectivity index (χ1) is 14.7. The number of piperidine rings is 1. The van der Waals surface area contributed by atoms with Gasteiger partial charge in [0, 0.05) is 25.7 Å². The van der Waals surface area contributed by atoms with Gasteiger partial charge in [0.05, 0.1) is 7.11 Å².